The Morgan fingerprint density at radius 3 is 1.04 bits per heavy atom. The number of rotatable bonds is 6. The van der Waals surface area contributed by atoms with Gasteiger partial charge in [-0.15, -0.1) is 4.20 Å². The second-order valence-corrected chi connectivity index (χ2v) is 22.3. The van der Waals surface area contributed by atoms with E-state index in [9.17, 15) is 8.39 Å². The van der Waals surface area contributed by atoms with Gasteiger partial charge in [0.2, 0.25) is 0 Å². The quantitative estimate of drug-likeness (QED) is 0.244. The molecule has 0 radical (unpaired) electrons. The molecule has 2 N–H and O–H groups in total. The second kappa shape index (κ2) is 15.0. The Morgan fingerprint density at radius 1 is 0.481 bits per heavy atom. The van der Waals surface area contributed by atoms with E-state index in [0.717, 1.165) is 11.1 Å². The number of hydrogen-bond acceptors (Lipinski definition) is 5. The Hall–Kier alpha value is -2.37. The number of hydrogen-bond donors (Lipinski definition) is 2. The molecule has 0 aliphatic carbocycles. The first-order valence-electron chi connectivity index (χ1n) is 17.8. The summed E-state index contributed by atoms with van der Waals surface area (Å²) in [5.41, 5.74) is 4.10. The third-order valence-electron chi connectivity index (χ3n) is 8.52. The third-order valence-corrected chi connectivity index (χ3v) is 9.68. The van der Waals surface area contributed by atoms with Crippen LogP contribution in [0.5, 0.6) is 17.2 Å². The molecule has 5 nitrogen and oxygen atoms in total. The molecule has 10 heteroatoms. The maximum atomic E-state index is 15.2. The molecular weight excluding hydrogens is 703 g/mol. The van der Waals surface area contributed by atoms with E-state index in [1.54, 1.807) is 18.2 Å². The molecule has 3 rings (SSSR count). The summed E-state index contributed by atoms with van der Waals surface area (Å²) in [5.74, 6) is 0.950. The first-order chi connectivity index (χ1) is 22.9. The predicted octanol–water partition coefficient (Wildman–Crippen LogP) is 14.2. The van der Waals surface area contributed by atoms with Gasteiger partial charge in [0.25, 0.3) is 0 Å². The molecule has 0 bridgehead atoms. The summed E-state index contributed by atoms with van der Waals surface area (Å²) in [6, 6.07) is 17.2. The summed E-state index contributed by atoms with van der Waals surface area (Å²) in [4.78, 5) is 17.7. The molecule has 0 spiro atoms. The third kappa shape index (κ3) is 13.5. The van der Waals surface area contributed by atoms with E-state index in [1.807, 2.05) is 65.8 Å². The Labute approximate surface area is 314 Å². The van der Waals surface area contributed by atoms with Crippen LogP contribution in [-0.2, 0) is 32.5 Å². The molecule has 0 aliphatic rings. The fourth-order valence-electron chi connectivity index (χ4n) is 5.46. The van der Waals surface area contributed by atoms with Gasteiger partial charge in [-0.2, -0.15) is 0 Å². The molecule has 0 aliphatic heterocycles. The van der Waals surface area contributed by atoms with Crippen LogP contribution < -0.4 is 13.6 Å². The summed E-state index contributed by atoms with van der Waals surface area (Å²) in [7, 11) is -9.72. The van der Waals surface area contributed by atoms with Gasteiger partial charge in [-0.3, -0.25) is 0 Å². The zero-order valence-electron chi connectivity index (χ0n) is 34.8. The van der Waals surface area contributed by atoms with Crippen molar-refractivity contribution in [1.29, 1.82) is 0 Å². The van der Waals surface area contributed by atoms with E-state index in [1.165, 1.54) is 11.1 Å². The van der Waals surface area contributed by atoms with Gasteiger partial charge >= 0.3 is 127 Å². The maximum absolute atomic E-state index is 15.2. The first-order valence-corrected chi connectivity index (χ1v) is 20.7. The SMILES string of the molecule is CC(C)(C)c1ccc(OP(F)Oc2ccc(C(C)(C)C)cc2C(C)(C)C)c(C(C)(C)C)c1.CC(C)(C)c1cccc(C(C)(C)C)c1OP(O)(O)(F)F. The predicted molar refractivity (Wildman–Crippen MR) is 215 cm³/mol. The summed E-state index contributed by atoms with van der Waals surface area (Å²) in [6.45, 7) is 36.9. The van der Waals surface area contributed by atoms with E-state index in [2.05, 4.69) is 99.7 Å². The van der Waals surface area contributed by atoms with E-state index in [0.29, 0.717) is 22.6 Å². The monoisotopic (exact) mass is 768 g/mol. The van der Waals surface area contributed by atoms with Crippen LogP contribution in [0.4, 0.5) is 12.6 Å². The number of benzene rings is 3. The molecule has 0 atom stereocenters. The van der Waals surface area contributed by atoms with E-state index in [-0.39, 0.29) is 27.4 Å². The minimum atomic E-state index is -7.09. The van der Waals surface area contributed by atoms with Crippen molar-refractivity contribution in [2.24, 2.45) is 0 Å². The van der Waals surface area contributed by atoms with Crippen LogP contribution in [0.15, 0.2) is 54.6 Å². The molecule has 294 valence electrons. The van der Waals surface area contributed by atoms with Gasteiger partial charge in [-0.1, -0.05) is 107 Å². The van der Waals surface area contributed by atoms with Gasteiger partial charge in [0.1, 0.15) is 11.5 Å². The summed E-state index contributed by atoms with van der Waals surface area (Å²) < 4.78 is 57.7. The van der Waals surface area contributed by atoms with Crippen LogP contribution in [0.2, 0.25) is 0 Å². The van der Waals surface area contributed by atoms with Crippen molar-refractivity contribution in [3.05, 3.63) is 88.0 Å². The fraction of sp³-hybridized carbons (Fsp3) is 0.571. The van der Waals surface area contributed by atoms with Crippen molar-refractivity contribution in [3.63, 3.8) is 0 Å². The Bertz CT molecular complexity index is 1570. The zero-order chi connectivity index (χ0) is 40.7. The summed E-state index contributed by atoms with van der Waals surface area (Å²) in [6.07, 6.45) is 0. The normalized spacial score (nSPS) is 14.3. The Kier molecular flexibility index (Phi) is 13.2. The summed E-state index contributed by atoms with van der Waals surface area (Å²) >= 11 is 0. The van der Waals surface area contributed by atoms with E-state index < -0.39 is 27.4 Å². The van der Waals surface area contributed by atoms with Gasteiger partial charge in [0.05, 0.1) is 0 Å². The molecule has 3 aromatic carbocycles. The van der Waals surface area contributed by atoms with Crippen molar-refractivity contribution in [2.75, 3.05) is 0 Å². The fourth-order valence-corrected chi connectivity index (χ4v) is 6.63. The minimum absolute atomic E-state index is 0.00584. The summed E-state index contributed by atoms with van der Waals surface area (Å²) in [5, 5.41) is 0. The molecule has 0 saturated heterocycles. The Balaban J connectivity index is 0.000000402. The van der Waals surface area contributed by atoms with Crippen LogP contribution in [0.25, 0.3) is 0 Å². The molecule has 0 fully saturated rings. The van der Waals surface area contributed by atoms with Gasteiger partial charge in [0.15, 0.2) is 0 Å². The van der Waals surface area contributed by atoms with E-state index >= 15 is 4.20 Å². The standard InChI is InChI=1S/C28H42FO2P.C14H23F2O3P/c1-25(2,3)19-13-15-23(21(17-19)27(7,8)9)30-32(29)31-24-16-14-20(26(4,5)6)18-22(24)28(10,11)12;1-13(2,3)10-8-7-9-11(14(4,5)6)12(10)19-20(15,16,17)18/h13-18H,1-12H3;7-9,17-18H,1-6H3. The van der Waals surface area contributed by atoms with Crippen LogP contribution in [0, 0.1) is 0 Å². The van der Waals surface area contributed by atoms with Crippen molar-refractivity contribution < 1.29 is 35.9 Å². The molecule has 0 unspecified atom stereocenters. The average molecular weight is 769 g/mol. The van der Waals surface area contributed by atoms with Gasteiger partial charge in [-0.05, 0) is 44.9 Å². The van der Waals surface area contributed by atoms with Crippen molar-refractivity contribution in [1.82, 2.24) is 0 Å². The molecule has 52 heavy (non-hydrogen) atoms. The molecule has 0 saturated carbocycles. The molecule has 0 amide bonds. The Morgan fingerprint density at radius 2 is 0.788 bits per heavy atom. The first kappa shape index (κ1) is 45.8. The van der Waals surface area contributed by atoms with Crippen LogP contribution >= 0.6 is 16.6 Å². The van der Waals surface area contributed by atoms with Crippen molar-refractivity contribution in [3.8, 4) is 17.2 Å². The molecule has 3 aromatic rings. The van der Waals surface area contributed by atoms with Gasteiger partial charge in [-0.25, -0.2) is 0 Å². The molecule has 0 heterocycles. The van der Waals surface area contributed by atoms with Crippen LogP contribution in [-0.4, -0.2) is 9.79 Å². The topological polar surface area (TPSA) is 68.2 Å². The van der Waals surface area contributed by atoms with Crippen molar-refractivity contribution in [2.45, 2.75) is 157 Å². The van der Waals surface area contributed by atoms with E-state index in [4.69, 9.17) is 18.8 Å². The zero-order valence-corrected chi connectivity index (χ0v) is 36.6. The van der Waals surface area contributed by atoms with Crippen LogP contribution in [0.1, 0.15) is 158 Å². The van der Waals surface area contributed by atoms with Crippen molar-refractivity contribution >= 4 is 16.6 Å². The van der Waals surface area contributed by atoms with Crippen LogP contribution in [0.3, 0.4) is 0 Å². The second-order valence-electron chi connectivity index (χ2n) is 19.8. The molecule has 0 aromatic heterocycles. The van der Waals surface area contributed by atoms with Gasteiger partial charge < -0.3 is 9.05 Å². The van der Waals surface area contributed by atoms with Gasteiger partial charge in [0, 0.05) is 11.1 Å². The number of para-hydroxylation sites is 1. The number of halogens is 3. The average Bonchev–Trinajstić information content (AvgIpc) is 2.89. The molecular formula is C42H65F3O5P2.